The molecule has 2 aromatic rings. The van der Waals surface area contributed by atoms with Crippen LogP contribution in [0.4, 0.5) is 4.79 Å². The number of ether oxygens (including phenoxy) is 2. The first kappa shape index (κ1) is 22.9. The molecule has 0 aromatic heterocycles. The van der Waals surface area contributed by atoms with Gasteiger partial charge in [0.25, 0.3) is 0 Å². The minimum Gasteiger partial charge on any atom is -0.504 e. The van der Waals surface area contributed by atoms with Gasteiger partial charge in [-0.15, -0.1) is 0 Å². The number of amides is 1. The topological polar surface area (TPSA) is 108 Å². The van der Waals surface area contributed by atoms with E-state index >= 15 is 0 Å². The van der Waals surface area contributed by atoms with Crippen LogP contribution in [0.15, 0.2) is 36.4 Å². The lowest BCUT2D eigenvalue weighted by molar-refractivity contribution is -0.143. The predicted molar refractivity (Wildman–Crippen MR) is 121 cm³/mol. The van der Waals surface area contributed by atoms with E-state index in [1.165, 1.54) is 19.2 Å². The summed E-state index contributed by atoms with van der Waals surface area (Å²) >= 11 is 0. The molecule has 0 aliphatic carbocycles. The van der Waals surface area contributed by atoms with Crippen LogP contribution < -0.4 is 5.32 Å². The fraction of sp³-hybridized carbons (Fsp3) is 0.440. The van der Waals surface area contributed by atoms with E-state index in [9.17, 15) is 19.8 Å². The summed E-state index contributed by atoms with van der Waals surface area (Å²) in [7, 11) is 1.33. The Morgan fingerprint density at radius 1 is 1.03 bits per heavy atom. The van der Waals surface area contributed by atoms with Gasteiger partial charge in [0.05, 0.1) is 19.2 Å². The van der Waals surface area contributed by atoms with E-state index in [2.05, 4.69) is 5.32 Å². The Bertz CT molecular complexity index is 1080. The fourth-order valence-electron chi connectivity index (χ4n) is 4.67. The maximum atomic E-state index is 13.3. The van der Waals surface area contributed by atoms with Gasteiger partial charge in [0, 0.05) is 6.54 Å². The maximum Gasteiger partial charge on any atom is 0.410 e. The van der Waals surface area contributed by atoms with Gasteiger partial charge in [-0.05, 0) is 68.0 Å². The number of rotatable bonds is 2. The number of nitrogens with one attached hydrogen (secondary N) is 1. The molecule has 3 N–H and O–H groups in total. The van der Waals surface area contributed by atoms with Gasteiger partial charge >= 0.3 is 12.1 Å². The van der Waals surface area contributed by atoms with Gasteiger partial charge in [0.1, 0.15) is 11.6 Å². The Labute approximate surface area is 193 Å². The van der Waals surface area contributed by atoms with Crippen molar-refractivity contribution in [3.8, 4) is 11.5 Å². The highest BCUT2D eigenvalue weighted by Gasteiger charge is 2.42. The van der Waals surface area contributed by atoms with Crippen molar-refractivity contribution in [2.45, 2.75) is 63.9 Å². The van der Waals surface area contributed by atoms with Gasteiger partial charge in [-0.2, -0.15) is 0 Å². The van der Waals surface area contributed by atoms with Crippen molar-refractivity contribution in [1.82, 2.24) is 10.2 Å². The second-order valence-electron chi connectivity index (χ2n) is 9.61. The summed E-state index contributed by atoms with van der Waals surface area (Å²) in [6.45, 7) is 5.82. The molecule has 8 nitrogen and oxygen atoms in total. The summed E-state index contributed by atoms with van der Waals surface area (Å²) in [5.41, 5.74) is 2.91. The van der Waals surface area contributed by atoms with Crippen LogP contribution in [0.5, 0.6) is 11.5 Å². The van der Waals surface area contributed by atoms with E-state index in [-0.39, 0.29) is 11.5 Å². The average molecular weight is 455 g/mol. The van der Waals surface area contributed by atoms with Gasteiger partial charge in [-0.25, -0.2) is 4.79 Å². The number of phenolic OH excluding ortho intramolecular Hbond substituents is 2. The fourth-order valence-corrected chi connectivity index (χ4v) is 4.67. The van der Waals surface area contributed by atoms with Gasteiger partial charge in [-0.1, -0.05) is 24.3 Å². The normalized spacial score (nSPS) is 22.2. The number of hydrogen-bond donors (Lipinski definition) is 3. The molecule has 0 unspecified atom stereocenters. The zero-order chi connectivity index (χ0) is 23.9. The molecule has 8 heteroatoms. The SMILES string of the molecule is COC(=O)[C@@H]1Cc2cc(O)c(O)cc2[C@H]([C@H]2Cc3ccccc3CN2C(=O)OC(C)(C)C)N1. The highest BCUT2D eigenvalue weighted by molar-refractivity contribution is 5.77. The van der Waals surface area contributed by atoms with Gasteiger partial charge < -0.3 is 19.7 Å². The molecule has 2 aliphatic rings. The molecule has 0 radical (unpaired) electrons. The highest BCUT2D eigenvalue weighted by Crippen LogP contribution is 2.40. The van der Waals surface area contributed by atoms with E-state index in [4.69, 9.17) is 9.47 Å². The minimum atomic E-state index is -0.672. The van der Waals surface area contributed by atoms with Gasteiger partial charge in [0.15, 0.2) is 11.5 Å². The molecule has 33 heavy (non-hydrogen) atoms. The van der Waals surface area contributed by atoms with E-state index in [0.29, 0.717) is 24.9 Å². The standard InChI is InChI=1S/C25H30N2O6/c1-25(2,3)33-24(31)27-13-15-8-6-5-7-14(15)10-19(27)22-17-12-21(29)20(28)11-16(17)9-18(26-22)23(30)32-4/h5-8,11-12,18-19,22,26,28-29H,9-10,13H2,1-4H3/t18-,19+,22+/m0/s1. The number of nitrogens with zero attached hydrogens (tertiary/aromatic N) is 1. The summed E-state index contributed by atoms with van der Waals surface area (Å²) in [6, 6.07) is 9.35. The minimum absolute atomic E-state index is 0.253. The summed E-state index contributed by atoms with van der Waals surface area (Å²) in [4.78, 5) is 27.4. The van der Waals surface area contributed by atoms with E-state index in [0.717, 1.165) is 16.7 Å². The molecule has 0 saturated heterocycles. The largest absolute Gasteiger partial charge is 0.504 e. The van der Waals surface area contributed by atoms with Crippen LogP contribution in [0.25, 0.3) is 0 Å². The number of carbonyl (C=O) groups is 2. The van der Waals surface area contributed by atoms with Crippen molar-refractivity contribution in [3.63, 3.8) is 0 Å². The summed E-state index contributed by atoms with van der Waals surface area (Å²) in [6.07, 6.45) is 0.373. The van der Waals surface area contributed by atoms with Crippen LogP contribution in [0.1, 0.15) is 49.1 Å². The molecule has 2 aromatic carbocycles. The van der Waals surface area contributed by atoms with Crippen molar-refractivity contribution in [3.05, 3.63) is 58.7 Å². The summed E-state index contributed by atoms with van der Waals surface area (Å²) in [5.74, 6) is -0.939. The Morgan fingerprint density at radius 2 is 1.70 bits per heavy atom. The van der Waals surface area contributed by atoms with Crippen LogP contribution in [-0.4, -0.2) is 52.0 Å². The first-order valence-electron chi connectivity index (χ1n) is 11.0. The Morgan fingerprint density at radius 3 is 2.36 bits per heavy atom. The van der Waals surface area contributed by atoms with Crippen molar-refractivity contribution in [2.24, 2.45) is 0 Å². The lowest BCUT2D eigenvalue weighted by Crippen LogP contribution is -2.56. The first-order chi connectivity index (χ1) is 15.6. The Kier molecular flexibility index (Phi) is 5.97. The van der Waals surface area contributed by atoms with Gasteiger partial charge in [0.2, 0.25) is 0 Å². The number of carbonyl (C=O) groups excluding carboxylic acids is 2. The second kappa shape index (κ2) is 8.59. The van der Waals surface area contributed by atoms with Crippen LogP contribution in [-0.2, 0) is 33.7 Å². The number of methoxy groups -OCH3 is 1. The molecular formula is C25H30N2O6. The average Bonchev–Trinajstić information content (AvgIpc) is 2.76. The maximum absolute atomic E-state index is 13.3. The third-order valence-electron chi connectivity index (χ3n) is 6.16. The molecule has 0 saturated carbocycles. The quantitative estimate of drug-likeness (QED) is 0.472. The van der Waals surface area contributed by atoms with Crippen molar-refractivity contribution in [2.75, 3.05) is 7.11 Å². The number of benzene rings is 2. The Hall–Kier alpha value is -3.26. The summed E-state index contributed by atoms with van der Waals surface area (Å²) in [5, 5.41) is 23.6. The third-order valence-corrected chi connectivity index (χ3v) is 6.16. The number of aromatic hydroxyl groups is 2. The molecular weight excluding hydrogens is 424 g/mol. The monoisotopic (exact) mass is 454 g/mol. The molecule has 2 heterocycles. The molecule has 0 spiro atoms. The van der Waals surface area contributed by atoms with Crippen molar-refractivity contribution in [1.29, 1.82) is 0 Å². The Balaban J connectivity index is 1.79. The molecule has 0 bridgehead atoms. The smallest absolute Gasteiger partial charge is 0.410 e. The van der Waals surface area contributed by atoms with E-state index in [1.54, 1.807) is 4.90 Å². The molecule has 2 aliphatic heterocycles. The molecule has 3 atom stereocenters. The second-order valence-corrected chi connectivity index (χ2v) is 9.61. The van der Waals surface area contributed by atoms with Crippen molar-refractivity contribution < 1.29 is 29.3 Å². The van der Waals surface area contributed by atoms with Crippen LogP contribution in [0, 0.1) is 0 Å². The third kappa shape index (κ3) is 4.61. The number of fused-ring (bicyclic) bond motifs is 2. The molecule has 0 fully saturated rings. The zero-order valence-electron chi connectivity index (χ0n) is 19.3. The van der Waals surface area contributed by atoms with E-state index in [1.807, 2.05) is 45.0 Å². The first-order valence-corrected chi connectivity index (χ1v) is 11.0. The number of phenols is 2. The molecule has 4 rings (SSSR count). The lowest BCUT2D eigenvalue weighted by atomic mass is 9.81. The molecule has 176 valence electrons. The predicted octanol–water partition coefficient (Wildman–Crippen LogP) is 3.19. The van der Waals surface area contributed by atoms with Crippen LogP contribution >= 0.6 is 0 Å². The molecule has 1 amide bonds. The lowest BCUT2D eigenvalue weighted by Gasteiger charge is -2.44. The van der Waals surface area contributed by atoms with E-state index < -0.39 is 35.8 Å². The zero-order valence-corrected chi connectivity index (χ0v) is 19.3. The highest BCUT2D eigenvalue weighted by atomic mass is 16.6. The number of hydrogen-bond acceptors (Lipinski definition) is 7. The number of esters is 1. The van der Waals surface area contributed by atoms with Crippen LogP contribution in [0.3, 0.4) is 0 Å². The van der Waals surface area contributed by atoms with Crippen LogP contribution in [0.2, 0.25) is 0 Å². The van der Waals surface area contributed by atoms with Gasteiger partial charge in [-0.3, -0.25) is 15.0 Å². The summed E-state index contributed by atoms with van der Waals surface area (Å²) < 4.78 is 10.7. The van der Waals surface area contributed by atoms with Crippen molar-refractivity contribution >= 4 is 12.1 Å².